The quantitative estimate of drug-likeness (QED) is 0.389. The minimum Gasteiger partial charge on any atom is -0.357 e. The van der Waals surface area contributed by atoms with Crippen LogP contribution in [0.25, 0.3) is 33.1 Å². The summed E-state index contributed by atoms with van der Waals surface area (Å²) in [6, 6.07) is 14.8. The Morgan fingerprint density at radius 2 is 2.07 bits per heavy atom. The van der Waals surface area contributed by atoms with Crippen LogP contribution in [-0.2, 0) is 13.1 Å². The molecule has 7 nitrogen and oxygen atoms in total. The molecule has 6 rings (SSSR count). The normalized spacial score (nSPS) is 14.1. The summed E-state index contributed by atoms with van der Waals surface area (Å²) in [5, 5.41) is 21.7. The van der Waals surface area contributed by atoms with Crippen LogP contribution in [0.2, 0.25) is 0 Å². The average molecular weight is 397 g/mol. The predicted molar refractivity (Wildman–Crippen MR) is 117 cm³/mol. The summed E-state index contributed by atoms with van der Waals surface area (Å²) in [4.78, 5) is 3.55. The molecular weight excluding hydrogens is 374 g/mol. The minimum atomic E-state index is 0.679. The fourth-order valence-corrected chi connectivity index (χ4v) is 4.04. The van der Waals surface area contributed by atoms with Crippen LogP contribution in [0.4, 0.5) is 0 Å². The van der Waals surface area contributed by atoms with Crippen molar-refractivity contribution in [2.45, 2.75) is 25.9 Å². The van der Waals surface area contributed by atoms with Crippen LogP contribution in [0.5, 0.6) is 0 Å². The van der Waals surface area contributed by atoms with Crippen LogP contribution >= 0.6 is 0 Å². The summed E-state index contributed by atoms with van der Waals surface area (Å²) in [5.41, 5.74) is 6.49. The Morgan fingerprint density at radius 3 is 3.00 bits per heavy atom. The second-order valence-corrected chi connectivity index (χ2v) is 8.23. The van der Waals surface area contributed by atoms with Gasteiger partial charge in [-0.3, -0.25) is 5.10 Å². The van der Waals surface area contributed by atoms with Crippen molar-refractivity contribution < 1.29 is 0 Å². The van der Waals surface area contributed by atoms with Gasteiger partial charge in [-0.15, -0.1) is 5.10 Å². The van der Waals surface area contributed by atoms with E-state index in [1.165, 1.54) is 35.0 Å². The molecule has 0 atom stereocenters. The number of hydrogen-bond acceptors (Lipinski definition) is 4. The SMILES string of the molecule is c1cc(-c2cn(Cc3ccc4cc(CNCC5CC5)[nH]c4c3)nn2)c2cn[nH]c2c1. The number of fused-ring (bicyclic) bond motifs is 2. The van der Waals surface area contributed by atoms with Crippen LogP contribution in [0, 0.1) is 5.92 Å². The van der Waals surface area contributed by atoms with E-state index in [4.69, 9.17) is 0 Å². The van der Waals surface area contributed by atoms with Crippen LogP contribution in [0.1, 0.15) is 24.1 Å². The fourth-order valence-electron chi connectivity index (χ4n) is 4.04. The van der Waals surface area contributed by atoms with Crippen LogP contribution < -0.4 is 5.32 Å². The lowest BCUT2D eigenvalue weighted by molar-refractivity contribution is 0.632. The Labute approximate surface area is 173 Å². The lowest BCUT2D eigenvalue weighted by Crippen LogP contribution is -2.16. The molecule has 0 spiro atoms. The Hall–Kier alpha value is -3.45. The van der Waals surface area contributed by atoms with Gasteiger partial charge in [0.15, 0.2) is 0 Å². The molecule has 1 fully saturated rings. The zero-order chi connectivity index (χ0) is 19.9. The first kappa shape index (κ1) is 17.4. The number of nitrogens with zero attached hydrogens (tertiary/aromatic N) is 4. The first-order chi connectivity index (χ1) is 14.8. The topological polar surface area (TPSA) is 87.2 Å². The van der Waals surface area contributed by atoms with Crippen molar-refractivity contribution in [3.8, 4) is 11.3 Å². The van der Waals surface area contributed by atoms with Gasteiger partial charge in [0.1, 0.15) is 5.69 Å². The maximum atomic E-state index is 4.39. The molecule has 7 heteroatoms. The minimum absolute atomic E-state index is 0.679. The molecule has 5 aromatic rings. The van der Waals surface area contributed by atoms with Gasteiger partial charge in [0.05, 0.1) is 24.5 Å². The van der Waals surface area contributed by atoms with Gasteiger partial charge in [-0.1, -0.05) is 29.5 Å². The highest BCUT2D eigenvalue weighted by atomic mass is 15.4. The first-order valence-electron chi connectivity index (χ1n) is 10.5. The molecule has 3 aromatic heterocycles. The number of aromatic amines is 2. The van der Waals surface area contributed by atoms with E-state index in [0.717, 1.165) is 41.2 Å². The van der Waals surface area contributed by atoms with E-state index in [1.807, 2.05) is 29.2 Å². The third kappa shape index (κ3) is 3.37. The number of hydrogen-bond donors (Lipinski definition) is 3. The maximum absolute atomic E-state index is 4.39. The smallest absolute Gasteiger partial charge is 0.113 e. The number of nitrogens with one attached hydrogen (secondary N) is 3. The van der Waals surface area contributed by atoms with Gasteiger partial charge in [0.2, 0.25) is 0 Å². The number of aromatic nitrogens is 6. The third-order valence-electron chi connectivity index (χ3n) is 5.83. The molecule has 3 heterocycles. The zero-order valence-corrected chi connectivity index (χ0v) is 16.6. The van der Waals surface area contributed by atoms with Gasteiger partial charge in [0.25, 0.3) is 0 Å². The lowest BCUT2D eigenvalue weighted by Gasteiger charge is -2.02. The van der Waals surface area contributed by atoms with Gasteiger partial charge in [-0.25, -0.2) is 4.68 Å². The van der Waals surface area contributed by atoms with Crippen LogP contribution in [-0.4, -0.2) is 36.7 Å². The van der Waals surface area contributed by atoms with Crippen molar-refractivity contribution in [1.29, 1.82) is 0 Å². The number of benzene rings is 2. The monoisotopic (exact) mass is 397 g/mol. The lowest BCUT2D eigenvalue weighted by atomic mass is 10.1. The van der Waals surface area contributed by atoms with Crippen LogP contribution in [0.3, 0.4) is 0 Å². The molecule has 1 aliphatic rings. The van der Waals surface area contributed by atoms with E-state index < -0.39 is 0 Å². The summed E-state index contributed by atoms with van der Waals surface area (Å²) < 4.78 is 1.89. The molecule has 150 valence electrons. The number of rotatable bonds is 7. The van der Waals surface area contributed by atoms with Crippen LogP contribution in [0.15, 0.2) is 54.9 Å². The molecule has 1 saturated carbocycles. The Kier molecular flexibility index (Phi) is 4.12. The van der Waals surface area contributed by atoms with E-state index in [1.54, 1.807) is 0 Å². The van der Waals surface area contributed by atoms with Gasteiger partial charge < -0.3 is 10.3 Å². The molecular formula is C23H23N7. The summed E-state index contributed by atoms with van der Waals surface area (Å²) in [6.45, 7) is 2.70. The molecule has 0 aliphatic heterocycles. The zero-order valence-electron chi connectivity index (χ0n) is 16.6. The van der Waals surface area contributed by atoms with Crippen molar-refractivity contribution in [3.05, 3.63) is 66.1 Å². The summed E-state index contributed by atoms with van der Waals surface area (Å²) in [5.74, 6) is 0.897. The van der Waals surface area contributed by atoms with Crippen molar-refractivity contribution in [2.75, 3.05) is 6.54 Å². The average Bonchev–Trinajstić information content (AvgIpc) is 3.15. The molecule has 0 bridgehead atoms. The molecule has 3 N–H and O–H groups in total. The summed E-state index contributed by atoms with van der Waals surface area (Å²) in [7, 11) is 0. The summed E-state index contributed by atoms with van der Waals surface area (Å²) in [6.07, 6.45) is 6.59. The molecule has 0 saturated heterocycles. The van der Waals surface area contributed by atoms with Crippen molar-refractivity contribution in [1.82, 2.24) is 35.5 Å². The largest absolute Gasteiger partial charge is 0.357 e. The van der Waals surface area contributed by atoms with Gasteiger partial charge in [0, 0.05) is 28.7 Å². The second-order valence-electron chi connectivity index (χ2n) is 8.23. The molecule has 30 heavy (non-hydrogen) atoms. The highest BCUT2D eigenvalue weighted by molar-refractivity contribution is 5.93. The van der Waals surface area contributed by atoms with Crippen molar-refractivity contribution in [2.24, 2.45) is 5.92 Å². The van der Waals surface area contributed by atoms with Crippen molar-refractivity contribution in [3.63, 3.8) is 0 Å². The van der Waals surface area contributed by atoms with Crippen molar-refractivity contribution >= 4 is 21.8 Å². The molecule has 0 unspecified atom stereocenters. The summed E-state index contributed by atoms with van der Waals surface area (Å²) >= 11 is 0. The van der Waals surface area contributed by atoms with E-state index in [-0.39, 0.29) is 0 Å². The molecule has 2 aromatic carbocycles. The van der Waals surface area contributed by atoms with E-state index >= 15 is 0 Å². The Morgan fingerprint density at radius 1 is 1.10 bits per heavy atom. The van der Waals surface area contributed by atoms with E-state index in [0.29, 0.717) is 6.54 Å². The molecule has 0 amide bonds. The molecule has 1 aliphatic carbocycles. The van der Waals surface area contributed by atoms with E-state index in [9.17, 15) is 0 Å². The maximum Gasteiger partial charge on any atom is 0.113 e. The van der Waals surface area contributed by atoms with E-state index in [2.05, 4.69) is 61.1 Å². The van der Waals surface area contributed by atoms with Gasteiger partial charge in [-0.05, 0) is 54.5 Å². The second kappa shape index (κ2) is 7.11. The third-order valence-corrected chi connectivity index (χ3v) is 5.83. The fraction of sp³-hybridized carbons (Fsp3) is 0.261. The molecule has 0 radical (unpaired) electrons. The number of H-pyrrole nitrogens is 2. The van der Waals surface area contributed by atoms with Gasteiger partial charge in [-0.2, -0.15) is 5.10 Å². The standard InChI is InChI=1S/C23H23N7/c1-2-19(20-12-25-27-21(20)3-1)23-14-30(29-28-23)13-16-6-7-17-9-18(26-22(17)8-16)11-24-10-15-4-5-15/h1-3,6-9,12,14-15,24,26H,4-5,10-11,13H2,(H,25,27). The highest BCUT2D eigenvalue weighted by Crippen LogP contribution is 2.28. The Balaban J connectivity index is 1.20. The van der Waals surface area contributed by atoms with Gasteiger partial charge >= 0.3 is 0 Å². The highest BCUT2D eigenvalue weighted by Gasteiger charge is 2.20. The predicted octanol–water partition coefficient (Wildman–Crippen LogP) is 3.85. The first-order valence-corrected chi connectivity index (χ1v) is 10.5. The Bertz CT molecular complexity index is 1320.